The third-order valence-corrected chi connectivity index (χ3v) is 6.96. The van der Waals surface area contributed by atoms with Gasteiger partial charge in [-0.1, -0.05) is 66.3 Å². The van der Waals surface area contributed by atoms with Gasteiger partial charge in [0.05, 0.1) is 29.1 Å². The van der Waals surface area contributed by atoms with E-state index < -0.39 is 6.04 Å². The Labute approximate surface area is 251 Å². The molecule has 1 aromatic heterocycles. The summed E-state index contributed by atoms with van der Waals surface area (Å²) in [4.78, 5) is 29.8. The molecular weight excluding hydrogens is 575 g/mol. The predicted octanol–water partition coefficient (Wildman–Crippen LogP) is 6.39. The number of benzene rings is 2. The molecule has 218 valence electrons. The molecule has 0 saturated heterocycles. The van der Waals surface area contributed by atoms with E-state index in [1.54, 1.807) is 6.07 Å². The third-order valence-electron chi connectivity index (χ3n) is 6.22. The second kappa shape index (κ2) is 17.9. The number of unbranched alkanes of at least 4 members (excludes halogenated alkanes) is 3. The highest BCUT2D eigenvalue weighted by atomic mass is 35.5. The lowest BCUT2D eigenvalue weighted by atomic mass is 10.0. The van der Waals surface area contributed by atoms with Gasteiger partial charge in [0.25, 0.3) is 0 Å². The Balaban J connectivity index is 0.00000560. The van der Waals surface area contributed by atoms with Crippen LogP contribution in [0.2, 0.25) is 10.0 Å². The van der Waals surface area contributed by atoms with Crippen molar-refractivity contribution in [3.8, 4) is 5.75 Å². The number of nitrogens with one attached hydrogen (secondary N) is 1. The van der Waals surface area contributed by atoms with Crippen molar-refractivity contribution < 1.29 is 18.8 Å². The predicted molar refractivity (Wildman–Crippen MR) is 160 cm³/mol. The van der Waals surface area contributed by atoms with Gasteiger partial charge in [0, 0.05) is 12.8 Å². The summed E-state index contributed by atoms with van der Waals surface area (Å²) < 4.78 is 11.2. The minimum absolute atomic E-state index is 0. The maximum absolute atomic E-state index is 13.1. The Bertz CT molecular complexity index is 1200. The van der Waals surface area contributed by atoms with Crippen LogP contribution in [0.4, 0.5) is 0 Å². The van der Waals surface area contributed by atoms with Crippen molar-refractivity contribution in [3.05, 3.63) is 75.4 Å². The van der Waals surface area contributed by atoms with E-state index in [0.29, 0.717) is 61.2 Å². The van der Waals surface area contributed by atoms with E-state index >= 15 is 0 Å². The molecule has 0 unspecified atom stereocenters. The second-order valence-corrected chi connectivity index (χ2v) is 10.2. The molecule has 0 bridgehead atoms. The molecule has 0 radical (unpaired) electrons. The van der Waals surface area contributed by atoms with E-state index in [1.165, 1.54) is 0 Å². The zero-order valence-electron chi connectivity index (χ0n) is 22.7. The van der Waals surface area contributed by atoms with Gasteiger partial charge in [-0.25, -0.2) is 0 Å². The number of carbonyl (C=O) groups is 2. The van der Waals surface area contributed by atoms with E-state index in [-0.39, 0.29) is 29.9 Å². The molecule has 0 aliphatic heterocycles. The Hall–Kier alpha value is -2.65. The number of amides is 1. The number of ketones is 1. The fourth-order valence-electron chi connectivity index (χ4n) is 4.01. The lowest BCUT2D eigenvalue weighted by Crippen LogP contribution is -2.41. The van der Waals surface area contributed by atoms with Gasteiger partial charge in [-0.3, -0.25) is 9.59 Å². The fourth-order valence-corrected chi connectivity index (χ4v) is 4.33. The lowest BCUT2D eigenvalue weighted by Gasteiger charge is -2.16. The molecule has 3 aromatic rings. The van der Waals surface area contributed by atoms with E-state index in [4.69, 9.17) is 38.2 Å². The first-order valence-electron chi connectivity index (χ1n) is 13.4. The first-order chi connectivity index (χ1) is 18.9. The van der Waals surface area contributed by atoms with Crippen molar-refractivity contribution in [3.63, 3.8) is 0 Å². The molecule has 0 fully saturated rings. The number of ether oxygens (including phenoxy) is 1. The molecule has 2 aromatic carbocycles. The van der Waals surface area contributed by atoms with Crippen LogP contribution >= 0.6 is 35.6 Å². The van der Waals surface area contributed by atoms with Crippen LogP contribution in [-0.2, 0) is 17.6 Å². The topological polar surface area (TPSA) is 120 Å². The van der Waals surface area contributed by atoms with Gasteiger partial charge < -0.3 is 20.3 Å². The zero-order chi connectivity index (χ0) is 28.0. The van der Waals surface area contributed by atoms with Crippen molar-refractivity contribution in [1.29, 1.82) is 0 Å². The Kier molecular flexibility index (Phi) is 15.0. The Morgan fingerprint density at radius 1 is 1.02 bits per heavy atom. The number of halogens is 3. The zero-order valence-corrected chi connectivity index (χ0v) is 25.0. The third kappa shape index (κ3) is 11.1. The molecule has 0 saturated carbocycles. The molecule has 1 heterocycles. The van der Waals surface area contributed by atoms with Crippen LogP contribution < -0.4 is 15.8 Å². The summed E-state index contributed by atoms with van der Waals surface area (Å²) in [5.74, 6) is 0.532. The van der Waals surface area contributed by atoms with Gasteiger partial charge in [0.2, 0.25) is 23.4 Å². The smallest absolute Gasteiger partial charge is 0.240 e. The van der Waals surface area contributed by atoms with Gasteiger partial charge in [0.15, 0.2) is 0 Å². The Morgan fingerprint density at radius 2 is 1.77 bits per heavy atom. The molecule has 0 spiro atoms. The van der Waals surface area contributed by atoms with Crippen LogP contribution in [0.1, 0.15) is 79.5 Å². The van der Waals surface area contributed by atoms with Gasteiger partial charge in [-0.2, -0.15) is 4.98 Å². The van der Waals surface area contributed by atoms with Gasteiger partial charge in [0.1, 0.15) is 5.75 Å². The first-order valence-corrected chi connectivity index (χ1v) is 14.2. The molecular formula is C29H37Cl3N4O4. The SMILES string of the molecule is CCCCCC(=O)N[C@@H](CCCCN)C(=O)c1noc(Cc2ccc(OCCc3ccc(Cl)c(Cl)c3)cc2)n1.Cl. The number of rotatable bonds is 17. The van der Waals surface area contributed by atoms with Crippen LogP contribution in [0.15, 0.2) is 47.0 Å². The molecule has 0 aliphatic carbocycles. The number of nitrogens with two attached hydrogens (primary N) is 1. The highest BCUT2D eigenvalue weighted by Crippen LogP contribution is 2.23. The normalized spacial score (nSPS) is 11.5. The van der Waals surface area contributed by atoms with E-state index in [0.717, 1.165) is 42.6 Å². The van der Waals surface area contributed by atoms with Crippen LogP contribution in [-0.4, -0.2) is 41.0 Å². The summed E-state index contributed by atoms with van der Waals surface area (Å²) in [6, 6.07) is 12.4. The monoisotopic (exact) mass is 610 g/mol. The van der Waals surface area contributed by atoms with Crippen molar-refractivity contribution in [1.82, 2.24) is 15.5 Å². The van der Waals surface area contributed by atoms with Crippen LogP contribution in [0.5, 0.6) is 5.75 Å². The fraction of sp³-hybridized carbons (Fsp3) is 0.448. The average Bonchev–Trinajstić information content (AvgIpc) is 3.39. The second-order valence-electron chi connectivity index (χ2n) is 9.41. The van der Waals surface area contributed by atoms with Crippen molar-refractivity contribution in [2.24, 2.45) is 5.73 Å². The Morgan fingerprint density at radius 3 is 2.48 bits per heavy atom. The largest absolute Gasteiger partial charge is 0.493 e. The van der Waals surface area contributed by atoms with Crippen molar-refractivity contribution in [2.45, 2.75) is 70.8 Å². The number of hydrogen-bond donors (Lipinski definition) is 2. The molecule has 11 heteroatoms. The average molecular weight is 612 g/mol. The summed E-state index contributed by atoms with van der Waals surface area (Å²) in [6.07, 6.45) is 6.20. The molecule has 8 nitrogen and oxygen atoms in total. The quantitative estimate of drug-likeness (QED) is 0.134. The molecule has 40 heavy (non-hydrogen) atoms. The number of Topliss-reactive ketones (excluding diaryl/α,β-unsaturated/α-hetero) is 1. The van der Waals surface area contributed by atoms with E-state index in [9.17, 15) is 9.59 Å². The van der Waals surface area contributed by atoms with Gasteiger partial charge in [-0.05, 0) is 67.6 Å². The summed E-state index contributed by atoms with van der Waals surface area (Å²) in [7, 11) is 0. The number of hydrogen-bond acceptors (Lipinski definition) is 7. The summed E-state index contributed by atoms with van der Waals surface area (Å²) in [5, 5.41) is 7.80. The highest BCUT2D eigenvalue weighted by Gasteiger charge is 2.26. The standard InChI is InChI=1S/C29H36Cl2N4O4.ClH/c1-2-3-4-8-26(36)33-25(7-5-6-16-32)28(37)29-34-27(39-35-29)19-20-9-12-22(13-10-20)38-17-15-21-11-14-23(30)24(31)18-21;/h9-14,18,25H,2-8,15-17,19,32H2,1H3,(H,33,36);1H/t25-;/m0./s1. The summed E-state index contributed by atoms with van der Waals surface area (Å²) in [6.45, 7) is 3.10. The highest BCUT2D eigenvalue weighted by molar-refractivity contribution is 6.42. The molecule has 3 rings (SSSR count). The van der Waals surface area contributed by atoms with Crippen molar-refractivity contribution >= 4 is 47.3 Å². The molecule has 3 N–H and O–H groups in total. The van der Waals surface area contributed by atoms with Gasteiger partial charge in [-0.15, -0.1) is 12.4 Å². The van der Waals surface area contributed by atoms with Gasteiger partial charge >= 0.3 is 0 Å². The van der Waals surface area contributed by atoms with Crippen molar-refractivity contribution in [2.75, 3.05) is 13.2 Å². The molecule has 1 amide bonds. The minimum atomic E-state index is -0.698. The first kappa shape index (κ1) is 33.6. The van der Waals surface area contributed by atoms with E-state index in [1.807, 2.05) is 36.4 Å². The van der Waals surface area contributed by atoms with Crippen LogP contribution in [0.3, 0.4) is 0 Å². The number of aromatic nitrogens is 2. The summed E-state index contributed by atoms with van der Waals surface area (Å²) in [5.41, 5.74) is 7.57. The van der Waals surface area contributed by atoms with Crippen LogP contribution in [0, 0.1) is 0 Å². The van der Waals surface area contributed by atoms with E-state index in [2.05, 4.69) is 22.4 Å². The maximum Gasteiger partial charge on any atom is 0.240 e. The maximum atomic E-state index is 13.1. The number of nitrogens with zero attached hydrogens (tertiary/aromatic N) is 2. The molecule has 1 atom stereocenters. The molecule has 0 aliphatic rings. The summed E-state index contributed by atoms with van der Waals surface area (Å²) >= 11 is 12.0. The minimum Gasteiger partial charge on any atom is -0.493 e. The number of carbonyl (C=O) groups excluding carboxylic acids is 2. The lowest BCUT2D eigenvalue weighted by molar-refractivity contribution is -0.121. The van der Waals surface area contributed by atoms with Crippen LogP contribution in [0.25, 0.3) is 0 Å².